The summed E-state index contributed by atoms with van der Waals surface area (Å²) in [7, 11) is 1.68. The van der Waals surface area contributed by atoms with Gasteiger partial charge in [-0.1, -0.05) is 30.3 Å². The van der Waals surface area contributed by atoms with E-state index in [1.165, 1.54) is 22.8 Å². The van der Waals surface area contributed by atoms with Gasteiger partial charge in [-0.15, -0.1) is 0 Å². The molecule has 5 rings (SSSR count). The van der Waals surface area contributed by atoms with Gasteiger partial charge in [0.25, 0.3) is 0 Å². The lowest BCUT2D eigenvalue weighted by Gasteiger charge is -2.39. The lowest BCUT2D eigenvalue weighted by atomic mass is 9.95. The monoisotopic (exact) mass is 491 g/mol. The molecule has 8 heteroatoms. The van der Waals surface area contributed by atoms with Crippen LogP contribution in [0.4, 0.5) is 10.8 Å². The summed E-state index contributed by atoms with van der Waals surface area (Å²) in [6, 6.07) is 16.5. The number of carbonyl (C=O) groups is 1. The van der Waals surface area contributed by atoms with Crippen molar-refractivity contribution in [2.75, 3.05) is 56.2 Å². The Morgan fingerprint density at radius 2 is 1.77 bits per heavy atom. The summed E-state index contributed by atoms with van der Waals surface area (Å²) in [4.78, 5) is 24.8. The van der Waals surface area contributed by atoms with Gasteiger partial charge in [-0.2, -0.15) is 4.37 Å². The van der Waals surface area contributed by atoms with Gasteiger partial charge in [0.05, 0.1) is 7.11 Å². The Morgan fingerprint density at radius 3 is 2.51 bits per heavy atom. The number of ether oxygens (including phenoxy) is 1. The number of rotatable bonds is 6. The fraction of sp³-hybridized carbons (Fsp3) is 0.444. The topological polar surface area (TPSA) is 61.8 Å². The molecule has 3 aromatic rings. The van der Waals surface area contributed by atoms with Crippen LogP contribution in [0.25, 0.3) is 0 Å². The number of piperazine rings is 1. The van der Waals surface area contributed by atoms with Crippen LogP contribution in [0.3, 0.4) is 0 Å². The molecule has 7 nitrogen and oxygen atoms in total. The number of amides is 1. The van der Waals surface area contributed by atoms with E-state index in [-0.39, 0.29) is 5.92 Å². The SMILES string of the molecule is COc1cccc(Cc2nsc(N3CCC(C(=O)N4CCN(c5ccccc5C)CC4)CC3)n2)c1. The fourth-order valence-electron chi connectivity index (χ4n) is 5.07. The molecule has 0 saturated carbocycles. The number of nitrogens with zero attached hydrogens (tertiary/aromatic N) is 5. The maximum absolute atomic E-state index is 13.2. The molecular weight excluding hydrogens is 458 g/mol. The highest BCUT2D eigenvalue weighted by Gasteiger charge is 2.31. The van der Waals surface area contributed by atoms with E-state index in [0.29, 0.717) is 12.3 Å². The largest absolute Gasteiger partial charge is 0.497 e. The minimum atomic E-state index is 0.112. The molecule has 2 saturated heterocycles. The average molecular weight is 492 g/mol. The van der Waals surface area contributed by atoms with Crippen molar-refractivity contribution in [1.29, 1.82) is 0 Å². The summed E-state index contributed by atoms with van der Waals surface area (Å²) in [5, 5.41) is 0.959. The van der Waals surface area contributed by atoms with Gasteiger partial charge in [0.15, 0.2) is 0 Å². The van der Waals surface area contributed by atoms with E-state index < -0.39 is 0 Å². The average Bonchev–Trinajstić information content (AvgIpc) is 3.37. The molecule has 0 bridgehead atoms. The minimum absolute atomic E-state index is 0.112. The second-order valence-electron chi connectivity index (χ2n) is 9.38. The van der Waals surface area contributed by atoms with Crippen molar-refractivity contribution < 1.29 is 9.53 Å². The Bertz CT molecular complexity index is 1150. The highest BCUT2D eigenvalue weighted by Crippen LogP contribution is 2.28. The summed E-state index contributed by atoms with van der Waals surface area (Å²) in [6.07, 6.45) is 2.44. The summed E-state index contributed by atoms with van der Waals surface area (Å²) < 4.78 is 9.89. The van der Waals surface area contributed by atoms with Gasteiger partial charge in [-0.25, -0.2) is 4.98 Å². The molecule has 3 heterocycles. The molecule has 1 amide bonds. The number of hydrogen-bond donors (Lipinski definition) is 0. The maximum Gasteiger partial charge on any atom is 0.225 e. The van der Waals surface area contributed by atoms with Gasteiger partial charge in [-0.05, 0) is 49.1 Å². The van der Waals surface area contributed by atoms with Crippen molar-refractivity contribution in [3.8, 4) is 5.75 Å². The van der Waals surface area contributed by atoms with E-state index in [2.05, 4.69) is 56.3 Å². The Balaban J connectivity index is 1.11. The van der Waals surface area contributed by atoms with Crippen molar-refractivity contribution in [3.05, 3.63) is 65.5 Å². The second kappa shape index (κ2) is 10.6. The van der Waals surface area contributed by atoms with Crippen LogP contribution in [0.15, 0.2) is 48.5 Å². The first-order chi connectivity index (χ1) is 17.1. The number of aryl methyl sites for hydroxylation is 1. The van der Waals surface area contributed by atoms with Crippen molar-refractivity contribution in [2.24, 2.45) is 5.92 Å². The maximum atomic E-state index is 13.2. The van der Waals surface area contributed by atoms with Gasteiger partial charge in [0.2, 0.25) is 11.0 Å². The van der Waals surface area contributed by atoms with E-state index in [1.54, 1.807) is 7.11 Å². The smallest absolute Gasteiger partial charge is 0.225 e. The van der Waals surface area contributed by atoms with Gasteiger partial charge in [0.1, 0.15) is 11.6 Å². The summed E-state index contributed by atoms with van der Waals surface area (Å²) in [6.45, 7) is 7.27. The zero-order chi connectivity index (χ0) is 24.2. The number of aromatic nitrogens is 2. The van der Waals surface area contributed by atoms with Gasteiger partial charge in [-0.3, -0.25) is 4.79 Å². The fourth-order valence-corrected chi connectivity index (χ4v) is 5.81. The standard InChI is InChI=1S/C27H33N5O2S/c1-20-6-3-4-9-24(20)30-14-16-31(17-15-30)26(33)22-10-12-32(13-11-22)27-28-25(29-35-27)19-21-7-5-8-23(18-21)34-2/h3-9,18,22H,10-17,19H2,1-2H3. The van der Waals surface area contributed by atoms with E-state index in [0.717, 1.165) is 74.4 Å². The Hall–Kier alpha value is -3.13. The number of para-hydroxylation sites is 1. The van der Waals surface area contributed by atoms with Crippen LogP contribution in [0, 0.1) is 12.8 Å². The lowest BCUT2D eigenvalue weighted by molar-refractivity contribution is -0.136. The Labute approximate surface area is 211 Å². The molecule has 0 aliphatic carbocycles. The Morgan fingerprint density at radius 1 is 1.00 bits per heavy atom. The van der Waals surface area contributed by atoms with Crippen molar-refractivity contribution in [1.82, 2.24) is 14.3 Å². The highest BCUT2D eigenvalue weighted by atomic mass is 32.1. The van der Waals surface area contributed by atoms with Crippen LogP contribution >= 0.6 is 11.5 Å². The van der Waals surface area contributed by atoms with Crippen LogP contribution in [-0.4, -0.2) is 66.5 Å². The molecule has 0 spiro atoms. The van der Waals surface area contributed by atoms with Crippen molar-refractivity contribution in [3.63, 3.8) is 0 Å². The molecule has 35 heavy (non-hydrogen) atoms. The Kier molecular flexibility index (Phi) is 7.18. The summed E-state index contributed by atoms with van der Waals surface area (Å²) in [5.41, 5.74) is 3.72. The molecule has 2 fully saturated rings. The zero-order valence-corrected chi connectivity index (χ0v) is 21.3. The molecule has 1 aromatic heterocycles. The van der Waals surface area contributed by atoms with E-state index >= 15 is 0 Å². The van der Waals surface area contributed by atoms with Crippen LogP contribution in [0.1, 0.15) is 29.8 Å². The zero-order valence-electron chi connectivity index (χ0n) is 20.5. The molecule has 0 N–H and O–H groups in total. The molecular formula is C27H33N5O2S. The second-order valence-corrected chi connectivity index (χ2v) is 10.1. The highest BCUT2D eigenvalue weighted by molar-refractivity contribution is 7.09. The first-order valence-electron chi connectivity index (χ1n) is 12.4. The first-order valence-corrected chi connectivity index (χ1v) is 13.2. The predicted octanol–water partition coefficient (Wildman–Crippen LogP) is 4.01. The van der Waals surface area contributed by atoms with Crippen molar-refractivity contribution in [2.45, 2.75) is 26.2 Å². The van der Waals surface area contributed by atoms with Gasteiger partial charge < -0.3 is 19.4 Å². The molecule has 0 unspecified atom stereocenters. The van der Waals surface area contributed by atoms with E-state index in [1.807, 2.05) is 18.2 Å². The predicted molar refractivity (Wildman–Crippen MR) is 141 cm³/mol. The summed E-state index contributed by atoms with van der Waals surface area (Å²) in [5.74, 6) is 2.12. The van der Waals surface area contributed by atoms with Crippen LogP contribution in [-0.2, 0) is 11.2 Å². The number of anilines is 2. The van der Waals surface area contributed by atoms with Gasteiger partial charge in [0, 0.05) is 68.8 Å². The van der Waals surface area contributed by atoms with Crippen LogP contribution in [0.2, 0.25) is 0 Å². The van der Waals surface area contributed by atoms with Crippen molar-refractivity contribution >= 4 is 28.3 Å². The molecule has 0 atom stereocenters. The third kappa shape index (κ3) is 5.42. The van der Waals surface area contributed by atoms with E-state index in [4.69, 9.17) is 9.72 Å². The van der Waals surface area contributed by atoms with Gasteiger partial charge >= 0.3 is 0 Å². The minimum Gasteiger partial charge on any atom is -0.497 e. The molecule has 2 aliphatic heterocycles. The number of carbonyl (C=O) groups excluding carboxylic acids is 1. The quantitative estimate of drug-likeness (QED) is 0.519. The van der Waals surface area contributed by atoms with Crippen LogP contribution < -0.4 is 14.5 Å². The number of methoxy groups -OCH3 is 1. The summed E-state index contributed by atoms with van der Waals surface area (Å²) >= 11 is 1.45. The molecule has 0 radical (unpaired) electrons. The third-order valence-corrected chi connectivity index (χ3v) is 7.93. The number of hydrogen-bond acceptors (Lipinski definition) is 7. The molecule has 2 aromatic carbocycles. The number of piperidine rings is 1. The van der Waals surface area contributed by atoms with E-state index in [9.17, 15) is 4.79 Å². The number of benzene rings is 2. The lowest BCUT2D eigenvalue weighted by Crippen LogP contribution is -2.51. The normalized spacial score (nSPS) is 17.0. The third-order valence-electron chi connectivity index (χ3n) is 7.12. The molecule has 2 aliphatic rings. The molecule has 184 valence electrons. The first kappa shape index (κ1) is 23.6. The van der Waals surface area contributed by atoms with Crippen LogP contribution in [0.5, 0.6) is 5.75 Å².